The van der Waals surface area contributed by atoms with Gasteiger partial charge in [-0.25, -0.2) is 9.97 Å². The first-order chi connectivity index (χ1) is 11.9. The van der Waals surface area contributed by atoms with Gasteiger partial charge in [-0.15, -0.1) is 11.3 Å². The van der Waals surface area contributed by atoms with Gasteiger partial charge in [0.1, 0.15) is 0 Å². The number of aryl methyl sites for hydroxylation is 1. The van der Waals surface area contributed by atoms with Crippen molar-refractivity contribution < 1.29 is 13.2 Å². The summed E-state index contributed by atoms with van der Waals surface area (Å²) < 4.78 is 40.0. The quantitative estimate of drug-likeness (QED) is 0.807. The molecule has 0 bridgehead atoms. The van der Waals surface area contributed by atoms with E-state index in [1.54, 1.807) is 0 Å². The fourth-order valence-corrected chi connectivity index (χ4v) is 4.42. The molecule has 0 saturated carbocycles. The van der Waals surface area contributed by atoms with Crippen molar-refractivity contribution >= 4 is 17.3 Å². The van der Waals surface area contributed by atoms with E-state index in [0.29, 0.717) is 24.8 Å². The first-order valence-corrected chi connectivity index (χ1v) is 9.24. The van der Waals surface area contributed by atoms with Gasteiger partial charge in [-0.1, -0.05) is 0 Å². The molecule has 0 aliphatic carbocycles. The van der Waals surface area contributed by atoms with Crippen LogP contribution in [0, 0.1) is 6.92 Å². The Balaban J connectivity index is 1.71. The van der Waals surface area contributed by atoms with E-state index in [-0.39, 0.29) is 5.95 Å². The number of anilines is 1. The van der Waals surface area contributed by atoms with Crippen LogP contribution in [0.3, 0.4) is 0 Å². The summed E-state index contributed by atoms with van der Waals surface area (Å²) in [7, 11) is 0. The summed E-state index contributed by atoms with van der Waals surface area (Å²) in [4.78, 5) is 14.4. The average molecular weight is 368 g/mol. The van der Waals surface area contributed by atoms with E-state index in [0.717, 1.165) is 41.8 Å². The molecule has 2 saturated heterocycles. The van der Waals surface area contributed by atoms with Gasteiger partial charge in [0.2, 0.25) is 5.95 Å². The number of nitrogens with zero attached hydrogens (tertiary/aromatic N) is 4. The van der Waals surface area contributed by atoms with Crippen LogP contribution in [0.15, 0.2) is 18.2 Å². The van der Waals surface area contributed by atoms with Gasteiger partial charge < -0.3 is 4.90 Å². The number of hydrogen-bond donors (Lipinski definition) is 0. The SMILES string of the molecule is Cc1ccc(-c2cc(C(F)(F)F)nc(N3CCN4CCCC4C3)n2)s1. The minimum atomic E-state index is -4.48. The second kappa shape index (κ2) is 6.25. The van der Waals surface area contributed by atoms with Gasteiger partial charge >= 0.3 is 6.18 Å². The van der Waals surface area contributed by atoms with Crippen molar-refractivity contribution in [2.75, 3.05) is 31.1 Å². The Hall–Kier alpha value is -1.67. The Labute approximate surface area is 148 Å². The fraction of sp³-hybridized carbons (Fsp3) is 0.529. The van der Waals surface area contributed by atoms with Gasteiger partial charge in [-0.2, -0.15) is 13.2 Å². The van der Waals surface area contributed by atoms with Crippen LogP contribution < -0.4 is 4.90 Å². The summed E-state index contributed by atoms with van der Waals surface area (Å²) in [6.45, 7) is 5.24. The van der Waals surface area contributed by atoms with Crippen molar-refractivity contribution in [3.05, 3.63) is 28.8 Å². The van der Waals surface area contributed by atoms with Crippen LogP contribution in [0.4, 0.5) is 19.1 Å². The van der Waals surface area contributed by atoms with Gasteiger partial charge in [0, 0.05) is 30.6 Å². The molecule has 1 atom stereocenters. The normalized spacial score (nSPS) is 21.6. The van der Waals surface area contributed by atoms with E-state index in [9.17, 15) is 13.2 Å². The van der Waals surface area contributed by atoms with Crippen molar-refractivity contribution in [1.82, 2.24) is 14.9 Å². The summed E-state index contributed by atoms with van der Waals surface area (Å²) in [5, 5.41) is 0. The van der Waals surface area contributed by atoms with Crippen LogP contribution in [0.5, 0.6) is 0 Å². The molecule has 25 heavy (non-hydrogen) atoms. The topological polar surface area (TPSA) is 32.3 Å². The number of alkyl halides is 3. The third-order valence-corrected chi connectivity index (χ3v) is 5.89. The van der Waals surface area contributed by atoms with E-state index in [2.05, 4.69) is 14.9 Å². The number of fused-ring (bicyclic) bond motifs is 1. The van der Waals surface area contributed by atoms with E-state index in [1.165, 1.54) is 11.3 Å². The van der Waals surface area contributed by atoms with Gasteiger partial charge in [0.15, 0.2) is 5.69 Å². The molecule has 0 radical (unpaired) electrons. The maximum atomic E-state index is 13.3. The Bertz CT molecular complexity index is 773. The number of piperazine rings is 1. The van der Waals surface area contributed by atoms with Gasteiger partial charge in [-0.3, -0.25) is 4.90 Å². The van der Waals surface area contributed by atoms with Crippen molar-refractivity contribution in [3.8, 4) is 10.6 Å². The zero-order valence-corrected chi connectivity index (χ0v) is 14.7. The van der Waals surface area contributed by atoms with Crippen molar-refractivity contribution in [1.29, 1.82) is 0 Å². The van der Waals surface area contributed by atoms with Gasteiger partial charge in [0.05, 0.1) is 10.6 Å². The van der Waals surface area contributed by atoms with Crippen LogP contribution in [-0.4, -0.2) is 47.1 Å². The van der Waals surface area contributed by atoms with E-state index >= 15 is 0 Å². The molecule has 4 nitrogen and oxygen atoms in total. The molecule has 0 N–H and O–H groups in total. The highest BCUT2D eigenvalue weighted by atomic mass is 32.1. The molecule has 4 heterocycles. The van der Waals surface area contributed by atoms with Crippen LogP contribution >= 0.6 is 11.3 Å². The Morgan fingerprint density at radius 1 is 1.16 bits per heavy atom. The molecule has 1 unspecified atom stereocenters. The predicted molar refractivity (Wildman–Crippen MR) is 91.9 cm³/mol. The second-order valence-electron chi connectivity index (χ2n) is 6.62. The monoisotopic (exact) mass is 368 g/mol. The van der Waals surface area contributed by atoms with Crippen molar-refractivity contribution in [2.45, 2.75) is 32.0 Å². The maximum Gasteiger partial charge on any atom is 0.433 e. The standard InChI is InChI=1S/C17H19F3N4S/c1-11-4-5-14(25-11)13-9-15(17(18,19)20)22-16(21-13)24-8-7-23-6-2-3-12(23)10-24/h4-5,9,12H,2-3,6-8,10H2,1H3. The Morgan fingerprint density at radius 2 is 2.00 bits per heavy atom. The van der Waals surface area contributed by atoms with Crippen molar-refractivity contribution in [3.63, 3.8) is 0 Å². The molecule has 2 fully saturated rings. The molecule has 4 rings (SSSR count). The van der Waals surface area contributed by atoms with Crippen LogP contribution in [0.1, 0.15) is 23.4 Å². The zero-order chi connectivity index (χ0) is 17.6. The Kier molecular flexibility index (Phi) is 4.19. The van der Waals surface area contributed by atoms with Gasteiger partial charge in [0.25, 0.3) is 0 Å². The lowest BCUT2D eigenvalue weighted by Gasteiger charge is -2.37. The lowest BCUT2D eigenvalue weighted by molar-refractivity contribution is -0.141. The average Bonchev–Trinajstić information content (AvgIpc) is 3.21. The fourth-order valence-electron chi connectivity index (χ4n) is 3.59. The molecule has 2 aromatic heterocycles. The number of halogens is 3. The molecular weight excluding hydrogens is 349 g/mol. The third-order valence-electron chi connectivity index (χ3n) is 4.87. The third kappa shape index (κ3) is 3.37. The highest BCUT2D eigenvalue weighted by Crippen LogP contribution is 2.34. The number of aromatic nitrogens is 2. The molecule has 0 amide bonds. The summed E-state index contributed by atoms with van der Waals surface area (Å²) >= 11 is 1.45. The van der Waals surface area contributed by atoms with Crippen LogP contribution in [0.2, 0.25) is 0 Å². The van der Waals surface area contributed by atoms with Crippen LogP contribution in [0.25, 0.3) is 10.6 Å². The summed E-state index contributed by atoms with van der Waals surface area (Å²) in [6, 6.07) is 5.17. The highest BCUT2D eigenvalue weighted by molar-refractivity contribution is 7.15. The minimum absolute atomic E-state index is 0.197. The van der Waals surface area contributed by atoms with Crippen molar-refractivity contribution in [2.24, 2.45) is 0 Å². The molecule has 0 spiro atoms. The largest absolute Gasteiger partial charge is 0.433 e. The first-order valence-electron chi connectivity index (χ1n) is 8.42. The summed E-state index contributed by atoms with van der Waals surface area (Å²) in [6.07, 6.45) is -2.23. The number of thiophene rings is 1. The molecule has 2 aliphatic heterocycles. The minimum Gasteiger partial charge on any atom is -0.338 e. The number of rotatable bonds is 2. The molecule has 0 aromatic carbocycles. The first kappa shape index (κ1) is 16.8. The molecule has 2 aromatic rings. The van der Waals surface area contributed by atoms with E-state index in [1.807, 2.05) is 24.0 Å². The highest BCUT2D eigenvalue weighted by Gasteiger charge is 2.36. The lowest BCUT2D eigenvalue weighted by atomic mass is 10.1. The van der Waals surface area contributed by atoms with Crippen LogP contribution in [-0.2, 0) is 6.18 Å². The van der Waals surface area contributed by atoms with E-state index in [4.69, 9.17) is 0 Å². The smallest absolute Gasteiger partial charge is 0.338 e. The molecular formula is C17H19F3N4S. The lowest BCUT2D eigenvalue weighted by Crippen LogP contribution is -2.50. The summed E-state index contributed by atoms with van der Waals surface area (Å²) in [5.41, 5.74) is -0.517. The van der Waals surface area contributed by atoms with E-state index < -0.39 is 11.9 Å². The second-order valence-corrected chi connectivity index (χ2v) is 7.91. The maximum absolute atomic E-state index is 13.3. The van der Waals surface area contributed by atoms with Gasteiger partial charge in [-0.05, 0) is 44.5 Å². The molecule has 2 aliphatic rings. The Morgan fingerprint density at radius 3 is 2.72 bits per heavy atom. The predicted octanol–water partition coefficient (Wildman–Crippen LogP) is 3.82. The molecule has 134 valence electrons. The zero-order valence-electron chi connectivity index (χ0n) is 13.9. The molecule has 8 heteroatoms. The number of hydrogen-bond acceptors (Lipinski definition) is 5. The summed E-state index contributed by atoms with van der Waals surface area (Å²) in [5.74, 6) is 0.197.